The third kappa shape index (κ3) is 3.69. The van der Waals surface area contributed by atoms with Crippen molar-refractivity contribution in [3.8, 4) is 0 Å². The number of aliphatic hydroxyl groups excluding tert-OH is 2. The number of hydrogen-bond acceptors (Lipinski definition) is 3. The lowest BCUT2D eigenvalue weighted by molar-refractivity contribution is -0.246. The molecule has 4 aliphatic rings. The monoisotopic (exact) mass is 462 g/mol. The molecule has 0 aromatic rings. The van der Waals surface area contributed by atoms with Gasteiger partial charge in [-0.2, -0.15) is 0 Å². The Bertz CT molecular complexity index is 728. The first-order valence-electron chi connectivity index (χ1n) is 14.2. The Kier molecular flexibility index (Phi) is 6.45. The minimum Gasteiger partial charge on any atom is -0.393 e. The summed E-state index contributed by atoms with van der Waals surface area (Å²) in [5.74, 6) is 2.04. The maximum absolute atomic E-state index is 11.8. The van der Waals surface area contributed by atoms with E-state index < -0.39 is 5.60 Å². The summed E-state index contributed by atoms with van der Waals surface area (Å²) in [5, 5.41) is 34.3. The van der Waals surface area contributed by atoms with E-state index >= 15 is 0 Å². The zero-order chi connectivity index (χ0) is 24.6. The molecule has 3 heteroatoms. The van der Waals surface area contributed by atoms with E-state index in [9.17, 15) is 15.3 Å². The Balaban J connectivity index is 1.64. The molecule has 0 amide bonds. The SMILES string of the molecule is CC(C)CCC[C@@](C)(O)C1CC[C@]2(C)C1[C@H](O)CC1[C@@]3(C)CC[C@H](O)C(C)(C)C3CC[C@]12C. The average Bonchev–Trinajstić information content (AvgIpc) is 3.08. The van der Waals surface area contributed by atoms with Gasteiger partial charge in [-0.25, -0.2) is 0 Å². The topological polar surface area (TPSA) is 60.7 Å². The molecule has 4 rings (SSSR count). The van der Waals surface area contributed by atoms with Crippen LogP contribution in [0.15, 0.2) is 0 Å². The lowest BCUT2D eigenvalue weighted by Gasteiger charge is -2.70. The fraction of sp³-hybridized carbons (Fsp3) is 1.00. The number of hydrogen-bond donors (Lipinski definition) is 3. The second-order valence-corrected chi connectivity index (χ2v) is 15.0. The Morgan fingerprint density at radius 2 is 1.52 bits per heavy atom. The van der Waals surface area contributed by atoms with E-state index in [1.54, 1.807) is 0 Å². The molecule has 0 heterocycles. The van der Waals surface area contributed by atoms with Gasteiger partial charge < -0.3 is 15.3 Å². The van der Waals surface area contributed by atoms with Gasteiger partial charge in [-0.15, -0.1) is 0 Å². The summed E-state index contributed by atoms with van der Waals surface area (Å²) in [6.07, 6.45) is 9.90. The predicted molar refractivity (Wildman–Crippen MR) is 136 cm³/mol. The van der Waals surface area contributed by atoms with Gasteiger partial charge in [0.25, 0.3) is 0 Å². The van der Waals surface area contributed by atoms with Gasteiger partial charge in [0.15, 0.2) is 0 Å². The van der Waals surface area contributed by atoms with Gasteiger partial charge in [-0.05, 0) is 110 Å². The molecule has 0 radical (unpaired) electrons. The van der Waals surface area contributed by atoms with Crippen LogP contribution in [0.5, 0.6) is 0 Å². The van der Waals surface area contributed by atoms with Crippen molar-refractivity contribution in [3.05, 3.63) is 0 Å². The van der Waals surface area contributed by atoms with Gasteiger partial charge in [-0.1, -0.05) is 61.3 Å². The molecule has 4 saturated carbocycles. The summed E-state index contributed by atoms with van der Waals surface area (Å²) >= 11 is 0. The third-order valence-electron chi connectivity index (χ3n) is 12.6. The fourth-order valence-electron chi connectivity index (χ4n) is 10.5. The van der Waals surface area contributed by atoms with E-state index in [-0.39, 0.29) is 45.7 Å². The van der Waals surface area contributed by atoms with Crippen LogP contribution in [0.1, 0.15) is 120 Å². The lowest BCUT2D eigenvalue weighted by Crippen LogP contribution is -2.66. The van der Waals surface area contributed by atoms with Gasteiger partial charge in [0.2, 0.25) is 0 Å². The Hall–Kier alpha value is -0.120. The van der Waals surface area contributed by atoms with Crippen molar-refractivity contribution < 1.29 is 15.3 Å². The lowest BCUT2D eigenvalue weighted by atomic mass is 9.35. The molecule has 4 unspecified atom stereocenters. The van der Waals surface area contributed by atoms with Crippen LogP contribution < -0.4 is 0 Å². The quantitative estimate of drug-likeness (QED) is 0.432. The van der Waals surface area contributed by atoms with Crippen LogP contribution in [-0.4, -0.2) is 33.1 Å². The molecule has 3 N–H and O–H groups in total. The molecular weight excluding hydrogens is 408 g/mol. The van der Waals surface area contributed by atoms with Crippen molar-refractivity contribution in [1.82, 2.24) is 0 Å². The summed E-state index contributed by atoms with van der Waals surface area (Å²) in [4.78, 5) is 0. The molecular formula is C30H54O3. The number of fused-ring (bicyclic) bond motifs is 5. The molecule has 0 aromatic carbocycles. The summed E-state index contributed by atoms with van der Waals surface area (Å²) in [6, 6.07) is 0. The highest BCUT2D eigenvalue weighted by molar-refractivity contribution is 5.19. The molecule has 0 saturated heterocycles. The minimum atomic E-state index is -0.695. The minimum absolute atomic E-state index is 0.0602. The molecule has 33 heavy (non-hydrogen) atoms. The van der Waals surface area contributed by atoms with Crippen molar-refractivity contribution in [2.45, 2.75) is 137 Å². The van der Waals surface area contributed by atoms with E-state index in [0.29, 0.717) is 17.8 Å². The molecule has 0 spiro atoms. The second kappa shape index (κ2) is 8.20. The Morgan fingerprint density at radius 3 is 2.15 bits per heavy atom. The van der Waals surface area contributed by atoms with Crippen LogP contribution in [0.2, 0.25) is 0 Å². The van der Waals surface area contributed by atoms with Gasteiger partial charge >= 0.3 is 0 Å². The largest absolute Gasteiger partial charge is 0.393 e. The molecule has 0 aliphatic heterocycles. The van der Waals surface area contributed by atoms with Gasteiger partial charge in [0, 0.05) is 0 Å². The number of rotatable bonds is 5. The van der Waals surface area contributed by atoms with Crippen LogP contribution in [-0.2, 0) is 0 Å². The first-order valence-corrected chi connectivity index (χ1v) is 14.2. The molecule has 0 bridgehead atoms. The van der Waals surface area contributed by atoms with Gasteiger partial charge in [0.1, 0.15) is 0 Å². The van der Waals surface area contributed by atoms with E-state index in [1.807, 2.05) is 0 Å². The van der Waals surface area contributed by atoms with Crippen molar-refractivity contribution in [2.24, 2.45) is 51.2 Å². The highest BCUT2D eigenvalue weighted by Gasteiger charge is 2.71. The zero-order valence-corrected chi connectivity index (χ0v) is 23.0. The Morgan fingerprint density at radius 1 is 0.879 bits per heavy atom. The van der Waals surface area contributed by atoms with E-state index in [1.165, 1.54) is 12.8 Å². The predicted octanol–water partition coefficient (Wildman–Crippen LogP) is 6.58. The highest BCUT2D eigenvalue weighted by Crippen LogP contribution is 2.75. The van der Waals surface area contributed by atoms with Gasteiger partial charge in [0.05, 0.1) is 17.8 Å². The average molecular weight is 463 g/mol. The third-order valence-corrected chi connectivity index (χ3v) is 12.6. The van der Waals surface area contributed by atoms with Crippen molar-refractivity contribution in [1.29, 1.82) is 0 Å². The molecule has 192 valence electrons. The van der Waals surface area contributed by atoms with E-state index in [0.717, 1.165) is 51.4 Å². The van der Waals surface area contributed by atoms with E-state index in [4.69, 9.17) is 0 Å². The summed E-state index contributed by atoms with van der Waals surface area (Å²) in [6.45, 7) is 18.7. The fourth-order valence-corrected chi connectivity index (χ4v) is 10.5. The molecule has 0 aromatic heterocycles. The molecule has 4 fully saturated rings. The maximum atomic E-state index is 11.8. The van der Waals surface area contributed by atoms with Crippen molar-refractivity contribution in [2.75, 3.05) is 0 Å². The van der Waals surface area contributed by atoms with Crippen molar-refractivity contribution in [3.63, 3.8) is 0 Å². The normalized spacial score (nSPS) is 50.9. The van der Waals surface area contributed by atoms with E-state index in [2.05, 4.69) is 55.4 Å². The Labute approximate surface area is 204 Å². The standard InChI is InChI=1S/C30H54O3/c1-19(2)10-9-14-30(8,33)20-11-16-29(7)25(20)21(31)18-23-27(5)15-13-24(32)26(3,4)22(27)12-17-28(23,29)6/h19-25,31-33H,9-18H2,1-8H3/t20?,21-,22?,23?,24+,25?,27+,28-,29-,30-/m1/s1. The van der Waals surface area contributed by atoms with Crippen LogP contribution in [0.25, 0.3) is 0 Å². The summed E-state index contributed by atoms with van der Waals surface area (Å²) in [7, 11) is 0. The van der Waals surface area contributed by atoms with Gasteiger partial charge in [-0.3, -0.25) is 0 Å². The summed E-state index contributed by atoms with van der Waals surface area (Å²) < 4.78 is 0. The zero-order valence-electron chi connectivity index (χ0n) is 23.0. The molecule has 3 nitrogen and oxygen atoms in total. The van der Waals surface area contributed by atoms with Crippen LogP contribution in [0.3, 0.4) is 0 Å². The summed E-state index contributed by atoms with van der Waals surface area (Å²) in [5.41, 5.74) is -0.336. The second-order valence-electron chi connectivity index (χ2n) is 15.0. The smallest absolute Gasteiger partial charge is 0.0651 e. The first kappa shape index (κ1) is 26.0. The number of aliphatic hydroxyl groups is 3. The molecule has 4 aliphatic carbocycles. The van der Waals surface area contributed by atoms with Crippen LogP contribution in [0, 0.1) is 51.2 Å². The highest BCUT2D eigenvalue weighted by atomic mass is 16.3. The van der Waals surface area contributed by atoms with Crippen LogP contribution in [0.4, 0.5) is 0 Å². The van der Waals surface area contributed by atoms with Crippen LogP contribution >= 0.6 is 0 Å². The van der Waals surface area contributed by atoms with Crippen molar-refractivity contribution >= 4 is 0 Å². The maximum Gasteiger partial charge on any atom is 0.0651 e. The molecule has 10 atom stereocenters. The first-order chi connectivity index (χ1) is 15.1.